The molecule has 3 rings (SSSR count). The number of carbonyl (C=O) groups is 1. The fraction of sp³-hybridized carbons (Fsp3) is 0. The van der Waals surface area contributed by atoms with Gasteiger partial charge in [-0.1, -0.05) is 18.2 Å². The van der Waals surface area contributed by atoms with E-state index < -0.39 is 17.3 Å². The highest BCUT2D eigenvalue weighted by Gasteiger charge is 2.11. The summed E-state index contributed by atoms with van der Waals surface area (Å²) in [6.07, 6.45) is 0. The molecule has 0 fully saturated rings. The lowest BCUT2D eigenvalue weighted by molar-refractivity contribution is -0.255. The molecular weight excluding hydrogens is 307 g/mol. The van der Waals surface area contributed by atoms with Gasteiger partial charge in [-0.3, -0.25) is 4.79 Å². The number of nitrogens with zero attached hydrogens (tertiary/aromatic N) is 1. The molecule has 110 valence electrons. The Morgan fingerprint density at radius 1 is 1.23 bits per heavy atom. The van der Waals surface area contributed by atoms with Crippen LogP contribution in [0.2, 0.25) is 0 Å². The van der Waals surface area contributed by atoms with Crippen molar-refractivity contribution in [3.63, 3.8) is 0 Å². The molecule has 0 saturated heterocycles. The van der Waals surface area contributed by atoms with Gasteiger partial charge in [-0.15, -0.1) is 0 Å². The van der Waals surface area contributed by atoms with Gasteiger partial charge in [0.25, 0.3) is 5.56 Å². The number of carboxylic acids is 1. The average Bonchev–Trinajstić information content (AvgIpc) is 2.48. The van der Waals surface area contributed by atoms with Crippen LogP contribution in [-0.4, -0.2) is 15.5 Å². The number of nitrogens with one attached hydrogen (secondary N) is 1. The summed E-state index contributed by atoms with van der Waals surface area (Å²) in [6, 6.07) is 9.59. The van der Waals surface area contributed by atoms with E-state index in [0.29, 0.717) is 0 Å². The van der Waals surface area contributed by atoms with Crippen molar-refractivity contribution in [2.24, 2.45) is 0 Å². The molecule has 22 heavy (non-hydrogen) atoms. The van der Waals surface area contributed by atoms with Gasteiger partial charge >= 0.3 is 0 Å². The minimum Gasteiger partial charge on any atom is -0.545 e. The fourth-order valence-electron chi connectivity index (χ4n) is 2.20. The standard InChI is InChI=1S/C15H9FN2O3S/c16-10-3-1-2-4-12(10)18-13(19)9-6-5-8(14(20)21)7-11(9)17-15(18)22/h1-7H,(H,17,22)(H,20,21)/p-1. The van der Waals surface area contributed by atoms with Crippen LogP contribution in [0, 0.1) is 10.6 Å². The third-order valence-corrected chi connectivity index (χ3v) is 3.51. The van der Waals surface area contributed by atoms with Crippen molar-refractivity contribution in [3.05, 3.63) is 69.0 Å². The summed E-state index contributed by atoms with van der Waals surface area (Å²) < 4.78 is 14.9. The van der Waals surface area contributed by atoms with Gasteiger partial charge in [0.05, 0.1) is 22.6 Å². The van der Waals surface area contributed by atoms with E-state index >= 15 is 0 Å². The summed E-state index contributed by atoms with van der Waals surface area (Å²) in [4.78, 5) is 26.1. The van der Waals surface area contributed by atoms with E-state index in [1.54, 1.807) is 6.07 Å². The first-order valence-electron chi connectivity index (χ1n) is 6.24. The molecule has 0 aliphatic carbocycles. The second-order valence-corrected chi connectivity index (χ2v) is 4.96. The number of para-hydroxylation sites is 1. The van der Waals surface area contributed by atoms with E-state index in [1.807, 2.05) is 0 Å². The maximum absolute atomic E-state index is 13.9. The largest absolute Gasteiger partial charge is 0.545 e. The van der Waals surface area contributed by atoms with Crippen LogP contribution in [0.25, 0.3) is 16.6 Å². The minimum absolute atomic E-state index is 0.0274. The number of carboxylic acid groups (broad SMARTS) is 1. The molecule has 1 N–H and O–H groups in total. The van der Waals surface area contributed by atoms with Gasteiger partial charge in [-0.2, -0.15) is 0 Å². The van der Waals surface area contributed by atoms with E-state index in [2.05, 4.69) is 4.98 Å². The van der Waals surface area contributed by atoms with E-state index in [4.69, 9.17) is 12.2 Å². The molecule has 0 saturated carbocycles. The van der Waals surface area contributed by atoms with Gasteiger partial charge < -0.3 is 14.9 Å². The van der Waals surface area contributed by atoms with Crippen molar-refractivity contribution in [2.45, 2.75) is 0 Å². The van der Waals surface area contributed by atoms with E-state index in [1.165, 1.54) is 36.4 Å². The summed E-state index contributed by atoms with van der Waals surface area (Å²) in [6.45, 7) is 0. The Labute approximate surface area is 128 Å². The fourth-order valence-corrected chi connectivity index (χ4v) is 2.49. The predicted octanol–water partition coefficient (Wildman–Crippen LogP) is 1.55. The lowest BCUT2D eigenvalue weighted by atomic mass is 10.1. The lowest BCUT2D eigenvalue weighted by Gasteiger charge is -2.10. The van der Waals surface area contributed by atoms with E-state index in [0.717, 1.165) is 4.57 Å². The molecule has 5 nitrogen and oxygen atoms in total. The van der Waals surface area contributed by atoms with Gasteiger partial charge in [-0.05, 0) is 42.0 Å². The van der Waals surface area contributed by atoms with Crippen molar-refractivity contribution < 1.29 is 14.3 Å². The van der Waals surface area contributed by atoms with Crippen LogP contribution in [0.1, 0.15) is 10.4 Å². The number of aromatic nitrogens is 2. The third-order valence-electron chi connectivity index (χ3n) is 3.23. The number of fused-ring (bicyclic) bond motifs is 1. The van der Waals surface area contributed by atoms with Crippen LogP contribution < -0.4 is 10.7 Å². The number of benzene rings is 2. The molecule has 3 aromatic rings. The highest BCUT2D eigenvalue weighted by atomic mass is 32.1. The zero-order chi connectivity index (χ0) is 15.9. The predicted molar refractivity (Wildman–Crippen MR) is 79.0 cm³/mol. The zero-order valence-corrected chi connectivity index (χ0v) is 11.8. The second kappa shape index (κ2) is 5.19. The normalized spacial score (nSPS) is 10.8. The molecule has 0 aliphatic rings. The monoisotopic (exact) mass is 315 g/mol. The molecule has 1 heterocycles. The van der Waals surface area contributed by atoms with Gasteiger partial charge in [-0.25, -0.2) is 8.96 Å². The minimum atomic E-state index is -1.36. The van der Waals surface area contributed by atoms with Gasteiger partial charge in [0, 0.05) is 0 Å². The van der Waals surface area contributed by atoms with E-state index in [9.17, 15) is 19.1 Å². The Hall–Kier alpha value is -2.80. The Balaban J connectivity index is 2.38. The second-order valence-electron chi connectivity index (χ2n) is 4.57. The molecule has 0 atom stereocenters. The number of carbonyl (C=O) groups excluding carboxylic acids is 1. The van der Waals surface area contributed by atoms with Gasteiger partial charge in [0.15, 0.2) is 4.77 Å². The molecule has 0 radical (unpaired) electrons. The van der Waals surface area contributed by atoms with E-state index in [-0.39, 0.29) is 26.9 Å². The van der Waals surface area contributed by atoms with Crippen molar-refractivity contribution in [1.82, 2.24) is 9.55 Å². The Bertz CT molecular complexity index is 1020. The summed E-state index contributed by atoms with van der Waals surface area (Å²) in [5, 5.41) is 11.1. The average molecular weight is 315 g/mol. The lowest BCUT2D eigenvalue weighted by Crippen LogP contribution is -2.24. The van der Waals surface area contributed by atoms with Gasteiger partial charge in [0.2, 0.25) is 0 Å². The maximum Gasteiger partial charge on any atom is 0.266 e. The first kappa shape index (κ1) is 14.2. The van der Waals surface area contributed by atoms with Crippen LogP contribution in [0.4, 0.5) is 4.39 Å². The highest BCUT2D eigenvalue weighted by molar-refractivity contribution is 7.71. The molecule has 1 aromatic heterocycles. The summed E-state index contributed by atoms with van der Waals surface area (Å²) in [7, 11) is 0. The van der Waals surface area contributed by atoms with Crippen LogP contribution in [-0.2, 0) is 0 Å². The Morgan fingerprint density at radius 2 is 1.95 bits per heavy atom. The van der Waals surface area contributed by atoms with Crippen molar-refractivity contribution in [3.8, 4) is 5.69 Å². The van der Waals surface area contributed by atoms with Crippen molar-refractivity contribution in [1.29, 1.82) is 0 Å². The Morgan fingerprint density at radius 3 is 2.64 bits per heavy atom. The molecule has 7 heteroatoms. The topological polar surface area (TPSA) is 77.9 Å². The molecule has 2 aromatic carbocycles. The molecule has 0 amide bonds. The van der Waals surface area contributed by atoms with Crippen molar-refractivity contribution in [2.75, 3.05) is 0 Å². The number of hydrogen-bond acceptors (Lipinski definition) is 4. The molecule has 0 spiro atoms. The quantitative estimate of drug-likeness (QED) is 0.728. The summed E-state index contributed by atoms with van der Waals surface area (Å²) in [5.41, 5.74) is -0.334. The number of aromatic carboxylic acids is 1. The third kappa shape index (κ3) is 2.21. The van der Waals surface area contributed by atoms with Crippen LogP contribution in [0.3, 0.4) is 0 Å². The van der Waals surface area contributed by atoms with Crippen LogP contribution >= 0.6 is 12.2 Å². The summed E-state index contributed by atoms with van der Waals surface area (Å²) >= 11 is 5.10. The van der Waals surface area contributed by atoms with Crippen LogP contribution in [0.15, 0.2) is 47.3 Å². The van der Waals surface area contributed by atoms with Crippen molar-refractivity contribution >= 4 is 29.1 Å². The highest BCUT2D eigenvalue weighted by Crippen LogP contribution is 2.15. The molecule has 0 aliphatic heterocycles. The zero-order valence-electron chi connectivity index (χ0n) is 11.0. The Kier molecular flexibility index (Phi) is 3.34. The first-order chi connectivity index (χ1) is 10.5. The number of rotatable bonds is 2. The number of halogens is 1. The maximum atomic E-state index is 13.9. The smallest absolute Gasteiger partial charge is 0.266 e. The SMILES string of the molecule is O=C([O-])c1ccc2c(=O)n(-c3ccccc3F)c(=S)[nH]c2c1. The van der Waals surface area contributed by atoms with Crippen LogP contribution in [0.5, 0.6) is 0 Å². The molecule has 0 unspecified atom stereocenters. The first-order valence-corrected chi connectivity index (χ1v) is 6.65. The number of aromatic amines is 1. The number of H-pyrrole nitrogens is 1. The summed E-state index contributed by atoms with van der Waals surface area (Å²) in [5.74, 6) is -1.95. The molecular formula is C15H8FN2O3S-. The molecule has 0 bridgehead atoms. The van der Waals surface area contributed by atoms with Gasteiger partial charge in [0.1, 0.15) is 5.82 Å². The number of hydrogen-bond donors (Lipinski definition) is 1.